The maximum atomic E-state index is 13.5. The number of nitrogens with zero attached hydrogens (tertiary/aromatic N) is 2. The van der Waals surface area contributed by atoms with Crippen LogP contribution in [0.1, 0.15) is 51.6 Å². The summed E-state index contributed by atoms with van der Waals surface area (Å²) in [4.78, 5) is 37.3. The highest BCUT2D eigenvalue weighted by molar-refractivity contribution is 7.14. The standard InChI is InChI=1S/C23H25N3O3S/c27-22-17-8-2-3-9-18(17)24-21(25-22)14-26(13-16-7-5-11-29-16)23(28)20-12-15-6-1-4-10-19(15)30-20/h2-3,8-9,12,16H,1,4-7,10-11,13-14H2,(H,24,25,27). The monoisotopic (exact) mass is 423 g/mol. The largest absolute Gasteiger partial charge is 0.376 e. The Bertz CT molecular complexity index is 1110. The first-order valence-electron chi connectivity index (χ1n) is 10.7. The van der Waals surface area contributed by atoms with Crippen molar-refractivity contribution < 1.29 is 9.53 Å². The molecular weight excluding hydrogens is 398 g/mol. The summed E-state index contributed by atoms with van der Waals surface area (Å²) >= 11 is 1.62. The molecule has 1 saturated heterocycles. The van der Waals surface area contributed by atoms with Crippen molar-refractivity contribution in [2.24, 2.45) is 0 Å². The van der Waals surface area contributed by atoms with Crippen LogP contribution in [-0.4, -0.2) is 40.0 Å². The minimum absolute atomic E-state index is 0.000655. The van der Waals surface area contributed by atoms with Crippen LogP contribution in [0.2, 0.25) is 0 Å². The van der Waals surface area contributed by atoms with E-state index >= 15 is 0 Å². The molecule has 1 aliphatic carbocycles. The van der Waals surface area contributed by atoms with Gasteiger partial charge in [-0.15, -0.1) is 11.3 Å². The van der Waals surface area contributed by atoms with Crippen molar-refractivity contribution in [2.45, 2.75) is 51.2 Å². The molecule has 5 rings (SSSR count). The van der Waals surface area contributed by atoms with Crippen LogP contribution in [0, 0.1) is 0 Å². The first kappa shape index (κ1) is 19.5. The van der Waals surface area contributed by atoms with Gasteiger partial charge in [0.1, 0.15) is 5.82 Å². The number of para-hydroxylation sites is 1. The summed E-state index contributed by atoms with van der Waals surface area (Å²) < 4.78 is 5.80. The number of aryl methyl sites for hydroxylation is 2. The number of ether oxygens (including phenoxy) is 1. The van der Waals surface area contributed by atoms with E-state index in [1.165, 1.54) is 23.3 Å². The van der Waals surface area contributed by atoms with Gasteiger partial charge in [0, 0.05) is 18.0 Å². The lowest BCUT2D eigenvalue weighted by Crippen LogP contribution is -2.37. The molecular formula is C23H25N3O3S. The number of carbonyl (C=O) groups is 1. The fourth-order valence-corrected chi connectivity index (χ4v) is 5.62. The zero-order valence-corrected chi connectivity index (χ0v) is 17.7. The SMILES string of the molecule is O=C(c1cc2c(s1)CCCC2)N(Cc1nc2ccccc2c(=O)[nH]1)CC1CCCO1. The summed E-state index contributed by atoms with van der Waals surface area (Å²) in [6.07, 6.45) is 6.53. The number of amides is 1. The Morgan fingerprint density at radius 1 is 1.23 bits per heavy atom. The van der Waals surface area contributed by atoms with Gasteiger partial charge in [-0.3, -0.25) is 9.59 Å². The number of hydrogen-bond acceptors (Lipinski definition) is 5. The molecule has 1 aliphatic heterocycles. The molecule has 1 fully saturated rings. The second-order valence-corrected chi connectivity index (χ2v) is 9.25. The number of fused-ring (bicyclic) bond motifs is 2. The van der Waals surface area contributed by atoms with Crippen molar-refractivity contribution in [1.29, 1.82) is 0 Å². The number of carbonyl (C=O) groups excluding carboxylic acids is 1. The highest BCUT2D eigenvalue weighted by atomic mass is 32.1. The third-order valence-electron chi connectivity index (χ3n) is 5.95. The summed E-state index contributed by atoms with van der Waals surface area (Å²) in [5.74, 6) is 0.507. The van der Waals surface area contributed by atoms with E-state index in [0.717, 1.165) is 37.2 Å². The van der Waals surface area contributed by atoms with Gasteiger partial charge in [0.05, 0.1) is 28.4 Å². The van der Waals surface area contributed by atoms with Gasteiger partial charge in [-0.25, -0.2) is 4.98 Å². The third kappa shape index (κ3) is 3.91. The molecule has 1 unspecified atom stereocenters. The maximum absolute atomic E-state index is 13.5. The number of benzene rings is 1. The summed E-state index contributed by atoms with van der Waals surface area (Å²) in [6.45, 7) is 1.52. The third-order valence-corrected chi connectivity index (χ3v) is 7.17. The van der Waals surface area contributed by atoms with Crippen molar-refractivity contribution in [2.75, 3.05) is 13.2 Å². The molecule has 7 heteroatoms. The minimum atomic E-state index is -0.174. The Labute approximate surface area is 178 Å². The molecule has 1 N–H and O–H groups in total. The lowest BCUT2D eigenvalue weighted by atomic mass is 9.99. The molecule has 0 bridgehead atoms. The molecule has 2 aromatic heterocycles. The Kier molecular flexibility index (Phi) is 5.39. The predicted molar refractivity (Wildman–Crippen MR) is 117 cm³/mol. The maximum Gasteiger partial charge on any atom is 0.264 e. The van der Waals surface area contributed by atoms with Crippen LogP contribution in [0.4, 0.5) is 0 Å². The molecule has 0 spiro atoms. The molecule has 0 saturated carbocycles. The Morgan fingerprint density at radius 3 is 2.93 bits per heavy atom. The summed E-state index contributed by atoms with van der Waals surface area (Å²) in [5.41, 5.74) is 1.79. The van der Waals surface area contributed by atoms with E-state index in [2.05, 4.69) is 16.0 Å². The van der Waals surface area contributed by atoms with Crippen LogP contribution < -0.4 is 5.56 Å². The molecule has 3 aromatic rings. The Balaban J connectivity index is 1.45. The van der Waals surface area contributed by atoms with Crippen molar-refractivity contribution in [3.05, 3.63) is 61.8 Å². The van der Waals surface area contributed by atoms with Crippen molar-refractivity contribution in [3.8, 4) is 0 Å². The summed E-state index contributed by atoms with van der Waals surface area (Å²) in [5, 5.41) is 0.559. The number of aromatic nitrogens is 2. The Morgan fingerprint density at radius 2 is 2.10 bits per heavy atom. The average Bonchev–Trinajstić information content (AvgIpc) is 3.42. The molecule has 6 nitrogen and oxygen atoms in total. The first-order valence-corrected chi connectivity index (χ1v) is 11.5. The van der Waals surface area contributed by atoms with Crippen LogP contribution in [0.3, 0.4) is 0 Å². The van der Waals surface area contributed by atoms with E-state index in [1.54, 1.807) is 22.3 Å². The van der Waals surface area contributed by atoms with Gasteiger partial charge in [0.15, 0.2) is 0 Å². The Hall–Kier alpha value is -2.51. The molecule has 3 heterocycles. The summed E-state index contributed by atoms with van der Waals surface area (Å²) in [6, 6.07) is 9.35. The zero-order valence-electron chi connectivity index (χ0n) is 16.9. The van der Waals surface area contributed by atoms with Gasteiger partial charge >= 0.3 is 0 Å². The number of thiophene rings is 1. The van der Waals surface area contributed by atoms with E-state index in [4.69, 9.17) is 4.74 Å². The van der Waals surface area contributed by atoms with Crippen LogP contribution in [0.25, 0.3) is 10.9 Å². The predicted octanol–water partition coefficient (Wildman–Crippen LogP) is 3.68. The molecule has 0 radical (unpaired) electrons. The zero-order chi connectivity index (χ0) is 20.5. The van der Waals surface area contributed by atoms with Crippen LogP contribution in [-0.2, 0) is 24.1 Å². The van der Waals surface area contributed by atoms with Gasteiger partial charge in [-0.05, 0) is 62.3 Å². The van der Waals surface area contributed by atoms with Gasteiger partial charge in [0.25, 0.3) is 11.5 Å². The lowest BCUT2D eigenvalue weighted by molar-refractivity contribution is 0.0505. The average molecular weight is 424 g/mol. The van der Waals surface area contributed by atoms with E-state index < -0.39 is 0 Å². The summed E-state index contributed by atoms with van der Waals surface area (Å²) in [7, 11) is 0. The van der Waals surface area contributed by atoms with Crippen LogP contribution >= 0.6 is 11.3 Å². The number of nitrogens with one attached hydrogen (secondary N) is 1. The van der Waals surface area contributed by atoms with Crippen molar-refractivity contribution in [3.63, 3.8) is 0 Å². The number of rotatable bonds is 5. The fraction of sp³-hybridized carbons (Fsp3) is 0.435. The lowest BCUT2D eigenvalue weighted by Gasteiger charge is -2.24. The van der Waals surface area contributed by atoms with Crippen molar-refractivity contribution in [1.82, 2.24) is 14.9 Å². The topological polar surface area (TPSA) is 75.3 Å². The fourth-order valence-electron chi connectivity index (χ4n) is 4.40. The first-order chi connectivity index (χ1) is 14.7. The van der Waals surface area contributed by atoms with Gasteiger partial charge < -0.3 is 14.6 Å². The van der Waals surface area contributed by atoms with E-state index in [0.29, 0.717) is 23.3 Å². The molecule has 1 atom stereocenters. The molecule has 156 valence electrons. The van der Waals surface area contributed by atoms with Crippen molar-refractivity contribution >= 4 is 28.1 Å². The molecule has 1 amide bonds. The number of aromatic amines is 1. The normalized spacial score (nSPS) is 18.5. The highest BCUT2D eigenvalue weighted by Crippen LogP contribution is 2.31. The van der Waals surface area contributed by atoms with Crippen LogP contribution in [0.15, 0.2) is 35.1 Å². The number of hydrogen-bond donors (Lipinski definition) is 1. The quantitative estimate of drug-likeness (QED) is 0.679. The second kappa shape index (κ2) is 8.32. The van der Waals surface area contributed by atoms with Gasteiger partial charge in [0.2, 0.25) is 0 Å². The minimum Gasteiger partial charge on any atom is -0.376 e. The van der Waals surface area contributed by atoms with Gasteiger partial charge in [-0.2, -0.15) is 0 Å². The van der Waals surface area contributed by atoms with E-state index in [9.17, 15) is 9.59 Å². The number of H-pyrrole nitrogens is 1. The molecule has 30 heavy (non-hydrogen) atoms. The second-order valence-electron chi connectivity index (χ2n) is 8.12. The van der Waals surface area contributed by atoms with Gasteiger partial charge in [-0.1, -0.05) is 12.1 Å². The van der Waals surface area contributed by atoms with Crippen LogP contribution in [0.5, 0.6) is 0 Å². The highest BCUT2D eigenvalue weighted by Gasteiger charge is 2.27. The van der Waals surface area contributed by atoms with E-state index in [-0.39, 0.29) is 24.1 Å². The molecule has 1 aromatic carbocycles. The smallest absolute Gasteiger partial charge is 0.264 e. The van der Waals surface area contributed by atoms with E-state index in [1.807, 2.05) is 18.2 Å². The molecule has 2 aliphatic rings.